The maximum absolute atomic E-state index is 14.1. The summed E-state index contributed by atoms with van der Waals surface area (Å²) < 4.78 is 6.47. The number of halogens is 2. The minimum absolute atomic E-state index is 0.110. The molecule has 40 heavy (non-hydrogen) atoms. The van der Waals surface area contributed by atoms with Crippen LogP contribution in [-0.2, 0) is 19.1 Å². The standard InChI is InChI=1S/C30H38Cl2N4O4/c31-21-11-10-20(18-22(21)32)34-27(37)24-23-12-13-30(40-23)25(24)29(39)36(17-7-16-35-14-5-2-6-15-35)26(30)28(38)33-19-8-3-1-4-9-19/h10-13,18-19,23-26H,1-9,14-17H2,(H,33,38)(H,34,37)/t23-,24-,25-,26+,30-/m0/s1. The molecular weight excluding hydrogens is 551 g/mol. The average Bonchev–Trinajstić information content (AvgIpc) is 3.59. The largest absolute Gasteiger partial charge is 0.359 e. The fourth-order valence-electron chi connectivity index (χ4n) is 7.48. The molecule has 1 spiro atoms. The lowest BCUT2D eigenvalue weighted by molar-refractivity contribution is -0.141. The van der Waals surface area contributed by atoms with Crippen molar-refractivity contribution in [2.24, 2.45) is 11.8 Å². The van der Waals surface area contributed by atoms with Gasteiger partial charge in [-0.15, -0.1) is 0 Å². The Morgan fingerprint density at radius 2 is 1.73 bits per heavy atom. The van der Waals surface area contributed by atoms with Crippen molar-refractivity contribution in [2.75, 3.05) is 31.5 Å². The SMILES string of the molecule is O=C(Nc1ccc(Cl)c(Cl)c1)[C@H]1[C@@H]2C=C[C@]3(O2)[C@@H]1C(=O)N(CCCN1CCCCC1)[C@@H]3C(=O)NC1CCCCC1. The third kappa shape index (κ3) is 5.17. The number of nitrogens with one attached hydrogen (secondary N) is 2. The van der Waals surface area contributed by atoms with Crippen LogP contribution >= 0.6 is 23.2 Å². The zero-order valence-electron chi connectivity index (χ0n) is 22.7. The Labute approximate surface area is 245 Å². The molecule has 1 aliphatic carbocycles. The summed E-state index contributed by atoms with van der Waals surface area (Å²) in [5.41, 5.74) is -0.652. The van der Waals surface area contributed by atoms with Gasteiger partial charge in [0.2, 0.25) is 17.7 Å². The monoisotopic (exact) mass is 588 g/mol. The van der Waals surface area contributed by atoms with Crippen LogP contribution < -0.4 is 10.6 Å². The smallest absolute Gasteiger partial charge is 0.246 e. The minimum Gasteiger partial charge on any atom is -0.359 e. The molecule has 3 saturated heterocycles. The zero-order chi connectivity index (χ0) is 27.9. The molecule has 4 aliphatic heterocycles. The molecule has 0 radical (unpaired) electrons. The van der Waals surface area contributed by atoms with Crippen LogP contribution in [0.3, 0.4) is 0 Å². The molecule has 4 fully saturated rings. The molecule has 0 unspecified atom stereocenters. The van der Waals surface area contributed by atoms with E-state index in [0.29, 0.717) is 22.3 Å². The van der Waals surface area contributed by atoms with Gasteiger partial charge < -0.3 is 25.2 Å². The molecule has 216 valence electrons. The second kappa shape index (κ2) is 11.6. The van der Waals surface area contributed by atoms with Crippen LogP contribution in [0.2, 0.25) is 10.0 Å². The summed E-state index contributed by atoms with van der Waals surface area (Å²) in [5, 5.41) is 6.88. The molecule has 5 atom stereocenters. The van der Waals surface area contributed by atoms with Crippen molar-refractivity contribution in [3.8, 4) is 0 Å². The summed E-state index contributed by atoms with van der Waals surface area (Å²) in [6.07, 6.45) is 12.9. The number of carbonyl (C=O) groups is 3. The lowest BCUT2D eigenvalue weighted by atomic mass is 9.74. The van der Waals surface area contributed by atoms with Crippen molar-refractivity contribution in [1.29, 1.82) is 0 Å². The number of likely N-dealkylation sites (tertiary alicyclic amines) is 2. The molecule has 1 saturated carbocycles. The van der Waals surface area contributed by atoms with Crippen molar-refractivity contribution >= 4 is 46.6 Å². The first-order valence-corrected chi connectivity index (χ1v) is 15.6. The van der Waals surface area contributed by atoms with E-state index in [1.54, 1.807) is 23.1 Å². The van der Waals surface area contributed by atoms with Gasteiger partial charge in [0.05, 0.1) is 28.0 Å². The summed E-state index contributed by atoms with van der Waals surface area (Å²) in [7, 11) is 0. The van der Waals surface area contributed by atoms with Crippen LogP contribution in [0.25, 0.3) is 0 Å². The van der Waals surface area contributed by atoms with E-state index < -0.39 is 29.6 Å². The molecule has 8 nitrogen and oxygen atoms in total. The zero-order valence-corrected chi connectivity index (χ0v) is 24.3. The summed E-state index contributed by atoms with van der Waals surface area (Å²) in [6, 6.07) is 4.20. The summed E-state index contributed by atoms with van der Waals surface area (Å²) in [4.78, 5) is 45.8. The van der Waals surface area contributed by atoms with Crippen molar-refractivity contribution in [1.82, 2.24) is 15.1 Å². The highest BCUT2D eigenvalue weighted by Crippen LogP contribution is 2.55. The third-order valence-corrected chi connectivity index (χ3v) is 10.1. The van der Waals surface area contributed by atoms with Crippen LogP contribution in [0.4, 0.5) is 5.69 Å². The van der Waals surface area contributed by atoms with Crippen LogP contribution in [-0.4, -0.2) is 77.5 Å². The van der Waals surface area contributed by atoms with Crippen molar-refractivity contribution < 1.29 is 19.1 Å². The molecule has 2 N–H and O–H groups in total. The van der Waals surface area contributed by atoms with Gasteiger partial charge in [-0.2, -0.15) is 0 Å². The highest BCUT2D eigenvalue weighted by atomic mass is 35.5. The first kappa shape index (κ1) is 28.0. The van der Waals surface area contributed by atoms with Crippen LogP contribution in [0.1, 0.15) is 57.8 Å². The summed E-state index contributed by atoms with van der Waals surface area (Å²) in [5.74, 6) is -2.18. The number of nitrogens with zero attached hydrogens (tertiary/aromatic N) is 2. The van der Waals surface area contributed by atoms with Crippen LogP contribution in [0, 0.1) is 11.8 Å². The molecule has 5 aliphatic rings. The molecule has 10 heteroatoms. The molecule has 2 bridgehead atoms. The van der Waals surface area contributed by atoms with E-state index in [1.807, 2.05) is 12.2 Å². The predicted octanol–water partition coefficient (Wildman–Crippen LogP) is 4.41. The highest BCUT2D eigenvalue weighted by molar-refractivity contribution is 6.42. The molecule has 6 rings (SSSR count). The van der Waals surface area contributed by atoms with Gasteiger partial charge >= 0.3 is 0 Å². The third-order valence-electron chi connectivity index (χ3n) is 9.39. The van der Waals surface area contributed by atoms with Gasteiger partial charge in [0, 0.05) is 18.3 Å². The molecule has 1 aromatic rings. The Kier molecular flexibility index (Phi) is 8.14. The molecule has 1 aromatic carbocycles. The van der Waals surface area contributed by atoms with E-state index in [9.17, 15) is 14.4 Å². The maximum Gasteiger partial charge on any atom is 0.246 e. The molecule has 4 heterocycles. The van der Waals surface area contributed by atoms with Crippen molar-refractivity contribution in [3.63, 3.8) is 0 Å². The maximum atomic E-state index is 14.1. The second-order valence-electron chi connectivity index (χ2n) is 12.0. The number of fused-ring (bicyclic) bond motifs is 1. The number of amides is 3. The van der Waals surface area contributed by atoms with E-state index in [1.165, 1.54) is 25.7 Å². The Morgan fingerprint density at radius 3 is 2.48 bits per heavy atom. The van der Waals surface area contributed by atoms with Crippen LogP contribution in [0.5, 0.6) is 0 Å². The Hall–Kier alpha value is -2.13. The van der Waals surface area contributed by atoms with Gasteiger partial charge in [0.1, 0.15) is 11.6 Å². The summed E-state index contributed by atoms with van der Waals surface area (Å²) in [6.45, 7) is 3.51. The fourth-order valence-corrected chi connectivity index (χ4v) is 7.78. The van der Waals surface area contributed by atoms with Gasteiger partial charge in [-0.3, -0.25) is 14.4 Å². The number of carbonyl (C=O) groups excluding carboxylic acids is 3. The van der Waals surface area contributed by atoms with E-state index in [2.05, 4.69) is 15.5 Å². The number of rotatable bonds is 8. The summed E-state index contributed by atoms with van der Waals surface area (Å²) >= 11 is 12.2. The highest BCUT2D eigenvalue weighted by Gasteiger charge is 2.72. The number of ether oxygens (including phenoxy) is 1. The molecule has 3 amide bonds. The number of hydrogen-bond donors (Lipinski definition) is 2. The Morgan fingerprint density at radius 1 is 0.975 bits per heavy atom. The van der Waals surface area contributed by atoms with Gasteiger partial charge in [-0.25, -0.2) is 0 Å². The predicted molar refractivity (Wildman–Crippen MR) is 154 cm³/mol. The van der Waals surface area contributed by atoms with Crippen molar-refractivity contribution in [3.05, 3.63) is 40.4 Å². The van der Waals surface area contributed by atoms with E-state index >= 15 is 0 Å². The van der Waals surface area contributed by atoms with E-state index in [-0.39, 0.29) is 23.8 Å². The topological polar surface area (TPSA) is 91.0 Å². The Balaban J connectivity index is 1.24. The average molecular weight is 590 g/mol. The first-order valence-electron chi connectivity index (χ1n) is 14.8. The number of anilines is 1. The van der Waals surface area contributed by atoms with Crippen LogP contribution in [0.15, 0.2) is 30.4 Å². The number of benzene rings is 1. The number of piperidine rings is 1. The Bertz CT molecular complexity index is 1180. The molecule has 0 aromatic heterocycles. The van der Waals surface area contributed by atoms with Gasteiger partial charge in [0.15, 0.2) is 0 Å². The quantitative estimate of drug-likeness (QED) is 0.439. The van der Waals surface area contributed by atoms with E-state index in [0.717, 1.165) is 51.7 Å². The number of hydrogen-bond acceptors (Lipinski definition) is 5. The second-order valence-corrected chi connectivity index (χ2v) is 12.8. The molecular formula is C30H38Cl2N4O4. The lowest BCUT2D eigenvalue weighted by Gasteiger charge is -2.34. The van der Waals surface area contributed by atoms with E-state index in [4.69, 9.17) is 27.9 Å². The van der Waals surface area contributed by atoms with Gasteiger partial charge in [-0.05, 0) is 69.9 Å². The van der Waals surface area contributed by atoms with Crippen molar-refractivity contribution in [2.45, 2.75) is 81.6 Å². The first-order chi connectivity index (χ1) is 19.4. The van der Waals surface area contributed by atoms with Gasteiger partial charge in [-0.1, -0.05) is 61.0 Å². The fraction of sp³-hybridized carbons (Fsp3) is 0.633. The minimum atomic E-state index is -1.15. The lowest BCUT2D eigenvalue weighted by Crippen LogP contribution is -2.56. The normalized spacial score (nSPS) is 31.9. The van der Waals surface area contributed by atoms with Gasteiger partial charge in [0.25, 0.3) is 0 Å².